The van der Waals surface area contributed by atoms with Crippen LogP contribution >= 0.6 is 0 Å². The Hall–Kier alpha value is -1.80. The molecule has 1 fully saturated rings. The summed E-state index contributed by atoms with van der Waals surface area (Å²) in [6.45, 7) is 0. The monoisotopic (exact) mass is 210 g/mol. The van der Waals surface area contributed by atoms with Crippen LogP contribution in [-0.4, -0.2) is 0 Å². The van der Waals surface area contributed by atoms with Gasteiger partial charge in [0.25, 0.3) is 5.79 Å². The van der Waals surface area contributed by atoms with Gasteiger partial charge < -0.3 is 9.47 Å². The largest absolute Gasteiger partial charge is 0.454 e. The molecule has 2 aliphatic heterocycles. The molecule has 1 saturated heterocycles. The van der Waals surface area contributed by atoms with Crippen molar-refractivity contribution in [1.82, 2.24) is 0 Å². The molecule has 0 amide bonds. The number of benzene rings is 2. The summed E-state index contributed by atoms with van der Waals surface area (Å²) in [6, 6.07) is 18.2. The van der Waals surface area contributed by atoms with Crippen molar-refractivity contribution in [2.45, 2.75) is 11.9 Å². The molecule has 2 unspecified atom stereocenters. The van der Waals surface area contributed by atoms with E-state index >= 15 is 0 Å². The molecule has 0 saturated carbocycles. The van der Waals surface area contributed by atoms with Gasteiger partial charge in [-0.25, -0.2) is 0 Å². The fourth-order valence-corrected chi connectivity index (χ4v) is 2.39. The molecule has 4 rings (SSSR count). The van der Waals surface area contributed by atoms with Gasteiger partial charge in [0, 0.05) is 11.1 Å². The van der Waals surface area contributed by atoms with E-state index in [-0.39, 0.29) is 6.10 Å². The SMILES string of the molecule is c1ccc(C23Oc4ccccc4C2O3)cc1. The molecule has 16 heavy (non-hydrogen) atoms. The molecular formula is C14H10O2. The first-order valence-electron chi connectivity index (χ1n) is 5.41. The first-order chi connectivity index (χ1) is 7.90. The summed E-state index contributed by atoms with van der Waals surface area (Å²) < 4.78 is 11.7. The molecule has 0 spiro atoms. The van der Waals surface area contributed by atoms with Crippen molar-refractivity contribution < 1.29 is 9.47 Å². The number of hydrogen-bond donors (Lipinski definition) is 0. The van der Waals surface area contributed by atoms with Crippen molar-refractivity contribution in [3.05, 3.63) is 65.7 Å². The van der Waals surface area contributed by atoms with Crippen LogP contribution in [-0.2, 0) is 10.5 Å². The van der Waals surface area contributed by atoms with Crippen LogP contribution in [0.3, 0.4) is 0 Å². The van der Waals surface area contributed by atoms with E-state index in [1.54, 1.807) is 0 Å². The minimum Gasteiger partial charge on any atom is -0.454 e. The highest BCUT2D eigenvalue weighted by atomic mass is 16.8. The molecule has 0 aliphatic carbocycles. The molecule has 2 heteroatoms. The van der Waals surface area contributed by atoms with Crippen LogP contribution < -0.4 is 4.74 Å². The molecule has 2 aromatic carbocycles. The van der Waals surface area contributed by atoms with Gasteiger partial charge in [0.1, 0.15) is 5.75 Å². The van der Waals surface area contributed by atoms with Crippen LogP contribution in [0, 0.1) is 0 Å². The zero-order chi connectivity index (χ0) is 10.6. The molecule has 78 valence electrons. The van der Waals surface area contributed by atoms with Gasteiger partial charge in [-0.1, -0.05) is 48.5 Å². The van der Waals surface area contributed by atoms with Crippen molar-refractivity contribution in [3.8, 4) is 5.75 Å². The average Bonchev–Trinajstić information content (AvgIpc) is 2.99. The van der Waals surface area contributed by atoms with Gasteiger partial charge in [0.2, 0.25) is 0 Å². The van der Waals surface area contributed by atoms with Gasteiger partial charge in [0.05, 0.1) is 0 Å². The summed E-state index contributed by atoms with van der Waals surface area (Å²) in [5.74, 6) is 0.410. The normalized spacial score (nSPS) is 29.1. The van der Waals surface area contributed by atoms with Crippen molar-refractivity contribution >= 4 is 0 Å². The van der Waals surface area contributed by atoms with Gasteiger partial charge in [-0.3, -0.25) is 0 Å². The lowest BCUT2D eigenvalue weighted by atomic mass is 10.0. The number of para-hydroxylation sites is 1. The highest BCUT2D eigenvalue weighted by molar-refractivity contribution is 5.47. The number of fused-ring (bicyclic) bond motifs is 3. The van der Waals surface area contributed by atoms with E-state index in [1.807, 2.05) is 48.5 Å². The second kappa shape index (κ2) is 2.66. The van der Waals surface area contributed by atoms with Crippen molar-refractivity contribution in [1.29, 1.82) is 0 Å². The topological polar surface area (TPSA) is 21.8 Å². The van der Waals surface area contributed by atoms with E-state index in [9.17, 15) is 0 Å². The minimum atomic E-state index is -0.537. The molecule has 0 N–H and O–H groups in total. The maximum absolute atomic E-state index is 5.93. The lowest BCUT2D eigenvalue weighted by Crippen LogP contribution is -2.14. The lowest BCUT2D eigenvalue weighted by molar-refractivity contribution is 0.0591. The predicted molar refractivity (Wildman–Crippen MR) is 59.0 cm³/mol. The van der Waals surface area contributed by atoms with E-state index in [2.05, 4.69) is 6.07 Å². The van der Waals surface area contributed by atoms with E-state index in [0.717, 1.165) is 16.9 Å². The van der Waals surface area contributed by atoms with Gasteiger partial charge in [-0.2, -0.15) is 0 Å². The van der Waals surface area contributed by atoms with Gasteiger partial charge >= 0.3 is 0 Å². The van der Waals surface area contributed by atoms with Crippen LogP contribution in [0.25, 0.3) is 0 Å². The summed E-state index contributed by atoms with van der Waals surface area (Å²) in [6.07, 6.45) is 0.0751. The van der Waals surface area contributed by atoms with E-state index in [1.165, 1.54) is 0 Å². The summed E-state index contributed by atoms with van der Waals surface area (Å²) in [4.78, 5) is 0. The summed E-state index contributed by atoms with van der Waals surface area (Å²) >= 11 is 0. The van der Waals surface area contributed by atoms with Gasteiger partial charge in [-0.15, -0.1) is 0 Å². The Labute approximate surface area is 93.4 Å². The van der Waals surface area contributed by atoms with Crippen molar-refractivity contribution in [3.63, 3.8) is 0 Å². The molecule has 2 nitrogen and oxygen atoms in total. The lowest BCUT2D eigenvalue weighted by Gasteiger charge is -2.11. The molecule has 2 aromatic rings. The van der Waals surface area contributed by atoms with Gasteiger partial charge in [-0.05, 0) is 6.07 Å². The molecule has 0 radical (unpaired) electrons. The predicted octanol–water partition coefficient (Wildman–Crippen LogP) is 3.00. The standard InChI is InChI=1S/C14H10O2/c1-2-6-10(7-3-1)14-13(16-14)11-8-4-5-9-12(11)15-14/h1-9,13H. The van der Waals surface area contributed by atoms with Crippen molar-refractivity contribution in [2.24, 2.45) is 0 Å². The van der Waals surface area contributed by atoms with Crippen LogP contribution in [0.15, 0.2) is 54.6 Å². The second-order valence-corrected chi connectivity index (χ2v) is 4.17. The minimum absolute atomic E-state index is 0.0751. The maximum atomic E-state index is 5.93. The molecular weight excluding hydrogens is 200 g/mol. The van der Waals surface area contributed by atoms with E-state index in [0.29, 0.717) is 0 Å². The average molecular weight is 210 g/mol. The zero-order valence-electron chi connectivity index (χ0n) is 8.59. The number of hydrogen-bond acceptors (Lipinski definition) is 2. The fraction of sp³-hybridized carbons (Fsp3) is 0.143. The maximum Gasteiger partial charge on any atom is 0.269 e. The molecule has 0 aromatic heterocycles. The smallest absolute Gasteiger partial charge is 0.269 e. The molecule has 2 heterocycles. The van der Waals surface area contributed by atoms with Crippen LogP contribution in [0.1, 0.15) is 17.2 Å². The van der Waals surface area contributed by atoms with E-state index in [4.69, 9.17) is 9.47 Å². The Bertz CT molecular complexity index is 550. The summed E-state index contributed by atoms with van der Waals surface area (Å²) in [5, 5.41) is 0. The third-order valence-corrected chi connectivity index (χ3v) is 3.22. The van der Waals surface area contributed by atoms with Crippen LogP contribution in [0.4, 0.5) is 0 Å². The van der Waals surface area contributed by atoms with E-state index < -0.39 is 5.79 Å². The third kappa shape index (κ3) is 0.902. The Morgan fingerprint density at radius 3 is 2.44 bits per heavy atom. The summed E-state index contributed by atoms with van der Waals surface area (Å²) in [5.41, 5.74) is 2.25. The van der Waals surface area contributed by atoms with Crippen LogP contribution in [0.2, 0.25) is 0 Å². The Morgan fingerprint density at radius 1 is 0.875 bits per heavy atom. The number of ether oxygens (including phenoxy) is 2. The summed E-state index contributed by atoms with van der Waals surface area (Å²) in [7, 11) is 0. The Kier molecular flexibility index (Phi) is 1.39. The molecule has 2 aliphatic rings. The first-order valence-corrected chi connectivity index (χ1v) is 5.41. The van der Waals surface area contributed by atoms with Crippen LogP contribution in [0.5, 0.6) is 5.75 Å². The second-order valence-electron chi connectivity index (χ2n) is 4.17. The molecule has 0 bridgehead atoms. The van der Waals surface area contributed by atoms with Gasteiger partial charge in [0.15, 0.2) is 6.10 Å². The molecule has 2 atom stereocenters. The number of epoxide rings is 1. The third-order valence-electron chi connectivity index (χ3n) is 3.22. The first kappa shape index (κ1) is 8.36. The number of rotatable bonds is 1. The quantitative estimate of drug-likeness (QED) is 0.675. The Balaban J connectivity index is 1.82. The zero-order valence-corrected chi connectivity index (χ0v) is 8.59. The fourth-order valence-electron chi connectivity index (χ4n) is 2.39. The highest BCUT2D eigenvalue weighted by Crippen LogP contribution is 2.64. The Morgan fingerprint density at radius 2 is 1.62 bits per heavy atom. The highest BCUT2D eigenvalue weighted by Gasteiger charge is 2.66. The van der Waals surface area contributed by atoms with Crippen molar-refractivity contribution in [2.75, 3.05) is 0 Å².